The average molecular weight is 325 g/mol. The Bertz CT molecular complexity index is 458. The van der Waals surface area contributed by atoms with E-state index in [4.69, 9.17) is 5.73 Å². The van der Waals surface area contributed by atoms with E-state index in [1.54, 1.807) is 19.9 Å². The molecule has 100 valence electrons. The molecule has 1 rings (SSSR count). The number of hydrogen-bond donors (Lipinski definition) is 1. The molecule has 0 heterocycles. The van der Waals surface area contributed by atoms with E-state index in [9.17, 15) is 13.2 Å². The summed E-state index contributed by atoms with van der Waals surface area (Å²) in [6, 6.07) is 4.16. The van der Waals surface area contributed by atoms with E-state index in [2.05, 4.69) is 25.7 Å². The third-order valence-electron chi connectivity index (χ3n) is 1.99. The lowest BCUT2D eigenvalue weighted by Crippen LogP contribution is -2.19. The van der Waals surface area contributed by atoms with Crippen LogP contribution in [0.4, 0.5) is 18.9 Å². The Hall–Kier alpha value is -1.24. The summed E-state index contributed by atoms with van der Waals surface area (Å²) in [5.74, 6) is -0.211. The molecule has 2 N–H and O–H groups in total. The van der Waals surface area contributed by atoms with E-state index in [-0.39, 0.29) is 23.2 Å². The maximum Gasteiger partial charge on any atom is 0.573 e. The second-order valence-corrected chi connectivity index (χ2v) is 4.77. The highest BCUT2D eigenvalue weighted by atomic mass is 79.9. The van der Waals surface area contributed by atoms with Crippen LogP contribution in [0.5, 0.6) is 5.75 Å². The quantitative estimate of drug-likeness (QED) is 0.675. The predicted octanol–water partition coefficient (Wildman–Crippen LogP) is 3.99. The molecule has 1 aromatic carbocycles. The van der Waals surface area contributed by atoms with E-state index in [0.29, 0.717) is 4.47 Å². The first-order valence-electron chi connectivity index (χ1n) is 5.08. The molecule has 0 saturated carbocycles. The molecule has 18 heavy (non-hydrogen) atoms. The predicted molar refractivity (Wildman–Crippen MR) is 66.9 cm³/mol. The Morgan fingerprint density at radius 3 is 2.50 bits per heavy atom. The fourth-order valence-electron chi connectivity index (χ4n) is 1.05. The van der Waals surface area contributed by atoms with Crippen molar-refractivity contribution in [1.29, 1.82) is 0 Å². The largest absolute Gasteiger partial charge is 0.573 e. The first-order valence-corrected chi connectivity index (χ1v) is 5.87. The van der Waals surface area contributed by atoms with Gasteiger partial charge in [0.05, 0.1) is 0 Å². The smallest absolute Gasteiger partial charge is 0.403 e. The zero-order valence-electron chi connectivity index (χ0n) is 9.75. The lowest BCUT2D eigenvalue weighted by molar-refractivity contribution is -0.274. The third kappa shape index (κ3) is 4.56. The molecule has 0 aliphatic rings. The highest BCUT2D eigenvalue weighted by Crippen LogP contribution is 2.35. The number of amidine groups is 1. The Morgan fingerprint density at radius 1 is 1.39 bits per heavy atom. The number of nitrogens with two attached hydrogens (primary N) is 1. The molecular weight excluding hydrogens is 313 g/mol. The van der Waals surface area contributed by atoms with Gasteiger partial charge in [-0.25, -0.2) is 4.99 Å². The van der Waals surface area contributed by atoms with Crippen molar-refractivity contribution in [1.82, 2.24) is 0 Å². The molecule has 0 radical (unpaired) electrons. The molecule has 0 unspecified atom stereocenters. The Morgan fingerprint density at radius 2 is 2.00 bits per heavy atom. The SMILES string of the molecule is CC(C)C(N)=Nc1ccc(Br)cc1OC(F)(F)F. The van der Waals surface area contributed by atoms with E-state index < -0.39 is 6.36 Å². The zero-order valence-corrected chi connectivity index (χ0v) is 11.3. The first kappa shape index (κ1) is 14.8. The van der Waals surface area contributed by atoms with Crippen LogP contribution in [0.3, 0.4) is 0 Å². The van der Waals surface area contributed by atoms with Gasteiger partial charge >= 0.3 is 6.36 Å². The van der Waals surface area contributed by atoms with Gasteiger partial charge in [-0.2, -0.15) is 0 Å². The topological polar surface area (TPSA) is 47.6 Å². The van der Waals surface area contributed by atoms with Crippen LogP contribution in [0.25, 0.3) is 0 Å². The molecule has 0 bridgehead atoms. The maximum atomic E-state index is 12.2. The van der Waals surface area contributed by atoms with Crippen molar-refractivity contribution in [3.8, 4) is 5.75 Å². The molecular formula is C11H12BrF3N2O. The van der Waals surface area contributed by atoms with Crippen LogP contribution in [-0.2, 0) is 0 Å². The number of aliphatic imine (C=N–C) groups is 1. The lowest BCUT2D eigenvalue weighted by Gasteiger charge is -2.12. The first-order chi connectivity index (χ1) is 8.19. The van der Waals surface area contributed by atoms with Crippen LogP contribution in [0.15, 0.2) is 27.7 Å². The van der Waals surface area contributed by atoms with Crippen LogP contribution < -0.4 is 10.5 Å². The fourth-order valence-corrected chi connectivity index (χ4v) is 1.40. The minimum Gasteiger partial charge on any atom is -0.403 e. The van der Waals surface area contributed by atoms with Crippen molar-refractivity contribution in [3.63, 3.8) is 0 Å². The summed E-state index contributed by atoms with van der Waals surface area (Å²) in [6.07, 6.45) is -4.77. The summed E-state index contributed by atoms with van der Waals surface area (Å²) in [7, 11) is 0. The van der Waals surface area contributed by atoms with Gasteiger partial charge in [-0.05, 0) is 18.2 Å². The van der Waals surface area contributed by atoms with Gasteiger partial charge in [-0.1, -0.05) is 29.8 Å². The Labute approximate surface area is 111 Å². The van der Waals surface area contributed by atoms with E-state index >= 15 is 0 Å². The molecule has 0 spiro atoms. The second-order valence-electron chi connectivity index (χ2n) is 3.85. The van der Waals surface area contributed by atoms with Crippen molar-refractivity contribution in [3.05, 3.63) is 22.7 Å². The van der Waals surface area contributed by atoms with E-state index in [1.807, 2.05) is 0 Å². The van der Waals surface area contributed by atoms with Gasteiger partial charge in [0.15, 0.2) is 5.75 Å². The molecule has 0 aliphatic carbocycles. The van der Waals surface area contributed by atoms with Crippen LogP contribution in [0.1, 0.15) is 13.8 Å². The number of hydrogen-bond acceptors (Lipinski definition) is 2. The molecule has 3 nitrogen and oxygen atoms in total. The average Bonchev–Trinajstić information content (AvgIpc) is 2.19. The highest BCUT2D eigenvalue weighted by molar-refractivity contribution is 9.10. The van der Waals surface area contributed by atoms with Crippen molar-refractivity contribution in [2.75, 3.05) is 0 Å². The Balaban J connectivity index is 3.15. The van der Waals surface area contributed by atoms with Crippen LogP contribution in [-0.4, -0.2) is 12.2 Å². The molecule has 1 aromatic rings. The zero-order chi connectivity index (χ0) is 13.9. The molecule has 0 aromatic heterocycles. The number of benzene rings is 1. The molecule has 0 atom stereocenters. The monoisotopic (exact) mass is 324 g/mol. The summed E-state index contributed by atoms with van der Waals surface area (Å²) in [5, 5.41) is 0. The summed E-state index contributed by atoms with van der Waals surface area (Å²) in [4.78, 5) is 3.93. The molecule has 7 heteroatoms. The van der Waals surface area contributed by atoms with Crippen molar-refractivity contribution in [2.45, 2.75) is 20.2 Å². The van der Waals surface area contributed by atoms with Gasteiger partial charge in [0, 0.05) is 10.4 Å². The van der Waals surface area contributed by atoms with Crippen LogP contribution in [0.2, 0.25) is 0 Å². The van der Waals surface area contributed by atoms with Gasteiger partial charge in [0.1, 0.15) is 11.5 Å². The second kappa shape index (κ2) is 5.60. The number of ether oxygens (including phenoxy) is 1. The van der Waals surface area contributed by atoms with Gasteiger partial charge in [-0.15, -0.1) is 13.2 Å². The van der Waals surface area contributed by atoms with Gasteiger partial charge in [0.2, 0.25) is 0 Å². The number of nitrogens with zero attached hydrogens (tertiary/aromatic N) is 1. The highest BCUT2D eigenvalue weighted by Gasteiger charge is 2.32. The lowest BCUT2D eigenvalue weighted by atomic mass is 10.2. The third-order valence-corrected chi connectivity index (χ3v) is 2.48. The maximum absolute atomic E-state index is 12.2. The van der Waals surface area contributed by atoms with Crippen molar-refractivity contribution in [2.24, 2.45) is 16.6 Å². The molecule has 0 aliphatic heterocycles. The van der Waals surface area contributed by atoms with E-state index in [1.165, 1.54) is 12.1 Å². The molecule has 0 fully saturated rings. The fraction of sp³-hybridized carbons (Fsp3) is 0.364. The van der Waals surface area contributed by atoms with Crippen molar-refractivity contribution >= 4 is 27.5 Å². The minimum atomic E-state index is -4.77. The molecule has 0 saturated heterocycles. The normalized spacial score (nSPS) is 12.9. The number of alkyl halides is 3. The molecule has 0 amide bonds. The summed E-state index contributed by atoms with van der Waals surface area (Å²) in [5.41, 5.74) is 5.66. The van der Waals surface area contributed by atoms with Gasteiger partial charge in [0.25, 0.3) is 0 Å². The Kier molecular flexibility index (Phi) is 4.61. The summed E-state index contributed by atoms with van der Waals surface area (Å²) < 4.78 is 41.1. The minimum absolute atomic E-state index is 0.0433. The van der Waals surface area contributed by atoms with Crippen molar-refractivity contribution < 1.29 is 17.9 Å². The number of halogens is 4. The van der Waals surface area contributed by atoms with Crippen LogP contribution in [0, 0.1) is 5.92 Å². The summed E-state index contributed by atoms with van der Waals surface area (Å²) >= 11 is 3.07. The number of rotatable bonds is 3. The van der Waals surface area contributed by atoms with Crippen LogP contribution >= 0.6 is 15.9 Å². The van der Waals surface area contributed by atoms with Gasteiger partial charge < -0.3 is 10.5 Å². The van der Waals surface area contributed by atoms with Gasteiger partial charge in [-0.3, -0.25) is 0 Å². The van der Waals surface area contributed by atoms with E-state index in [0.717, 1.165) is 0 Å². The standard InChI is InChI=1S/C11H12BrF3N2O/c1-6(2)10(16)17-8-4-3-7(12)5-9(8)18-11(13,14)15/h3-6H,1-2H3,(H2,16,17). The summed E-state index contributed by atoms with van der Waals surface area (Å²) in [6.45, 7) is 3.59.